The van der Waals surface area contributed by atoms with Gasteiger partial charge in [-0.05, 0) is 180 Å². The van der Waals surface area contributed by atoms with Crippen LogP contribution >= 0.6 is 0 Å². The summed E-state index contributed by atoms with van der Waals surface area (Å²) < 4.78 is 91.3. The molecule has 0 fully saturated rings. The zero-order valence-corrected chi connectivity index (χ0v) is 55.8. The Morgan fingerprint density at radius 3 is 1.04 bits per heavy atom. The number of aryl methyl sites for hydroxylation is 3. The first-order chi connectivity index (χ1) is 49.4. The molecule has 0 atom stereocenters. The summed E-state index contributed by atoms with van der Waals surface area (Å²) in [6, 6.07) is 42.7. The van der Waals surface area contributed by atoms with Crippen LogP contribution in [-0.4, -0.2) is 94.2 Å². The van der Waals surface area contributed by atoms with Crippen LogP contribution in [0.25, 0.3) is 32.7 Å². The highest BCUT2D eigenvalue weighted by atomic mass is 19.3. The fourth-order valence-corrected chi connectivity index (χ4v) is 10.6. The molecule has 0 saturated heterocycles. The van der Waals surface area contributed by atoms with E-state index in [0.717, 1.165) is 94.6 Å². The second-order valence-corrected chi connectivity index (χ2v) is 23.4. The van der Waals surface area contributed by atoms with Gasteiger partial charge in [0.2, 0.25) is 19.3 Å². The highest BCUT2D eigenvalue weighted by molar-refractivity contribution is 5.95. The van der Waals surface area contributed by atoms with E-state index in [4.69, 9.17) is 29.4 Å². The second kappa shape index (κ2) is 36.8. The van der Waals surface area contributed by atoms with E-state index in [-0.39, 0.29) is 36.6 Å². The van der Waals surface area contributed by atoms with Gasteiger partial charge < -0.3 is 38.7 Å². The quantitative estimate of drug-likeness (QED) is 0.0349. The summed E-state index contributed by atoms with van der Waals surface area (Å²) in [5, 5.41) is 17.2. The minimum Gasteiger partial charge on any atom is -0.478 e. The van der Waals surface area contributed by atoms with Gasteiger partial charge in [-0.25, -0.2) is 46.1 Å². The van der Waals surface area contributed by atoms with Gasteiger partial charge in [-0.15, -0.1) is 0 Å². The number of benzene rings is 3. The molecule has 19 nitrogen and oxygen atoms in total. The van der Waals surface area contributed by atoms with Crippen molar-refractivity contribution in [2.75, 3.05) is 24.4 Å². The Labute approximate surface area is 584 Å². The number of hydrogen-bond acceptors (Lipinski definition) is 16. The SMILES string of the molecule is Cc1nc(N)ccc1CN.Cc1nc(N)ccc1CNC(=O)c1ccnc(Cc2ccc3ncc(CC(F)F)cc3c2)c1.Cc1nc(N)ccc1CNC(=O)c1ccnc(Cc2ccc3ncc(CC(F)F)cc3c2)c1.O=C(O)c1ccnc(Cc2ccc3ncc(CC(F)F)cc3c2)c1.[2H]CF. The third-order valence-corrected chi connectivity index (χ3v) is 15.7. The molecular formula is C76H74F7N15O4. The first-order valence-electron chi connectivity index (χ1n) is 32.4. The number of halogens is 7. The van der Waals surface area contributed by atoms with Crippen molar-refractivity contribution in [3.63, 3.8) is 0 Å². The third kappa shape index (κ3) is 22.8. The van der Waals surface area contributed by atoms with Gasteiger partial charge in [0.1, 0.15) is 17.5 Å². The zero-order valence-electron chi connectivity index (χ0n) is 56.8. The summed E-state index contributed by atoms with van der Waals surface area (Å²) in [6.45, 7) is 6.80. The molecule has 9 heterocycles. The van der Waals surface area contributed by atoms with Crippen LogP contribution in [0.3, 0.4) is 0 Å². The van der Waals surface area contributed by atoms with Crippen LogP contribution < -0.4 is 33.6 Å². The Morgan fingerprint density at radius 1 is 0.431 bits per heavy atom. The van der Waals surface area contributed by atoms with Crippen LogP contribution in [0.5, 0.6) is 0 Å². The van der Waals surface area contributed by atoms with Crippen LogP contribution in [0, 0.1) is 20.8 Å². The van der Waals surface area contributed by atoms with Crippen LogP contribution in [-0.2, 0) is 58.2 Å². The number of anilines is 3. The number of nitrogens with zero attached hydrogens (tertiary/aromatic N) is 9. The molecular weight excluding hydrogens is 1320 g/mol. The van der Waals surface area contributed by atoms with Crippen LogP contribution in [0.2, 0.25) is 0 Å². The lowest BCUT2D eigenvalue weighted by Crippen LogP contribution is -2.23. The highest BCUT2D eigenvalue weighted by Crippen LogP contribution is 2.24. The molecule has 0 saturated carbocycles. The van der Waals surface area contributed by atoms with E-state index in [1.165, 1.54) is 36.9 Å². The van der Waals surface area contributed by atoms with Gasteiger partial charge in [-0.1, -0.05) is 36.4 Å². The predicted molar refractivity (Wildman–Crippen MR) is 380 cm³/mol. The monoisotopic (exact) mass is 1390 g/mol. The van der Waals surface area contributed by atoms with Crippen LogP contribution in [0.1, 0.15) is 117 Å². The summed E-state index contributed by atoms with van der Waals surface area (Å²) in [6.07, 6.45) is 2.35. The maximum Gasteiger partial charge on any atom is 0.335 e. The van der Waals surface area contributed by atoms with E-state index in [2.05, 4.69) is 55.5 Å². The molecule has 9 aromatic heterocycles. The molecule has 0 aliphatic carbocycles. The number of nitrogens with two attached hydrogens (primary N) is 4. The van der Waals surface area contributed by atoms with Crippen molar-refractivity contribution in [1.82, 2.24) is 55.5 Å². The van der Waals surface area contributed by atoms with E-state index >= 15 is 0 Å². The average molecular weight is 1400 g/mol. The molecule has 0 spiro atoms. The van der Waals surface area contributed by atoms with Gasteiger partial charge in [0.25, 0.3) is 11.8 Å². The number of fused-ring (bicyclic) bond motifs is 3. The Balaban J connectivity index is 0.000000182. The number of carboxylic acids is 1. The van der Waals surface area contributed by atoms with E-state index in [1.807, 2.05) is 93.6 Å². The maximum absolute atomic E-state index is 12.7. The average Bonchev–Trinajstić information content (AvgIpc) is 0.830. The Hall–Kier alpha value is -11.9. The first kappa shape index (κ1) is 74.3. The standard InChI is InChI=1S/2C25H23F2N5O.C18H14F2N2O2.C7H11N3.CH3F/c2*1-15-19(3-5-24(28)32-15)14-31-25(33)18-6-7-29-21(12-18)10-16-2-4-22-20(8-16)9-17(13-30-22)11-23(26)27;19-17(20)8-12-6-14-5-11(1-2-16(14)22-10-12)7-15-9-13(18(23)24)3-4-21-15;1-5-6(4-8)2-3-7(9)10-5;1-2/h2*2-9,12-13,23H,10-11,14H2,1H3,(H2,28,32)(H,31,33);1-6,9-10,17H,7-8H2,(H,23,24);2-3H,4,8H2,1H3,(H2,9,10);1H3/i;;;;1D. The van der Waals surface area contributed by atoms with E-state index in [9.17, 15) is 45.1 Å². The van der Waals surface area contributed by atoms with E-state index in [1.54, 1.807) is 73.1 Å². The molecule has 3 aromatic carbocycles. The molecule has 11 N–H and O–H groups in total. The van der Waals surface area contributed by atoms with Gasteiger partial charge >= 0.3 is 5.97 Å². The molecule has 102 heavy (non-hydrogen) atoms. The number of carbonyl (C=O) groups is 3. The lowest BCUT2D eigenvalue weighted by Gasteiger charge is -2.09. The van der Waals surface area contributed by atoms with Crippen LogP contribution in [0.4, 0.5) is 48.2 Å². The van der Waals surface area contributed by atoms with E-state index < -0.39 is 32.4 Å². The molecule has 0 aliphatic rings. The Kier molecular flexibility index (Phi) is 26.8. The highest BCUT2D eigenvalue weighted by Gasteiger charge is 2.15. The predicted octanol–water partition coefficient (Wildman–Crippen LogP) is 13.2. The minimum atomic E-state index is -2.41. The molecule has 26 heteroatoms. The molecule has 0 aliphatic heterocycles. The normalized spacial score (nSPS) is 11.0. The number of aromatic carboxylic acids is 1. The minimum absolute atomic E-state index is 0.182. The van der Waals surface area contributed by atoms with E-state index in [0.29, 0.717) is 89.9 Å². The largest absolute Gasteiger partial charge is 0.478 e. The summed E-state index contributed by atoms with van der Waals surface area (Å²) in [4.78, 5) is 74.4. The molecule has 526 valence electrons. The van der Waals surface area contributed by atoms with Gasteiger partial charge in [0.15, 0.2) is 0 Å². The van der Waals surface area contributed by atoms with Crippen molar-refractivity contribution >= 4 is 67.9 Å². The molecule has 0 bridgehead atoms. The van der Waals surface area contributed by atoms with Crippen molar-refractivity contribution in [2.24, 2.45) is 5.73 Å². The molecule has 0 radical (unpaired) electrons. The van der Waals surface area contributed by atoms with Crippen molar-refractivity contribution in [3.8, 4) is 0 Å². The number of pyridine rings is 9. The van der Waals surface area contributed by atoms with Crippen molar-refractivity contribution in [2.45, 2.75) is 98.2 Å². The fraction of sp³-hybridized carbons (Fsp3) is 0.211. The Bertz CT molecular complexity index is 4700. The summed E-state index contributed by atoms with van der Waals surface area (Å²) in [5.41, 5.74) is 37.3. The molecule has 0 unspecified atom stereocenters. The van der Waals surface area contributed by atoms with Gasteiger partial charge in [0, 0.05) is 157 Å². The van der Waals surface area contributed by atoms with Crippen LogP contribution in [0.15, 0.2) is 183 Å². The molecule has 12 aromatic rings. The number of carboxylic acid groups (broad SMARTS) is 1. The smallest absolute Gasteiger partial charge is 0.335 e. The topological polar surface area (TPSA) is 316 Å². The van der Waals surface area contributed by atoms with Gasteiger partial charge in [-0.3, -0.25) is 43.9 Å². The fourth-order valence-electron chi connectivity index (χ4n) is 10.6. The molecule has 2 amide bonds. The number of nitrogen functional groups attached to an aromatic ring is 3. The number of nitrogens with one attached hydrogen (secondary N) is 2. The number of aromatic nitrogens is 9. The number of hydrogen-bond donors (Lipinski definition) is 7. The summed E-state index contributed by atoms with van der Waals surface area (Å²) in [5.74, 6) is 0.00305. The second-order valence-electron chi connectivity index (χ2n) is 23.4. The maximum atomic E-state index is 12.7. The first-order valence-corrected chi connectivity index (χ1v) is 31.7. The summed E-state index contributed by atoms with van der Waals surface area (Å²) in [7, 11) is -1.00. The lowest BCUT2D eigenvalue weighted by atomic mass is 10.0. The van der Waals surface area contributed by atoms with Gasteiger partial charge in [0.05, 0.1) is 30.6 Å². The number of alkyl halides is 7. The lowest BCUT2D eigenvalue weighted by molar-refractivity contribution is 0.0695. The van der Waals surface area contributed by atoms with Gasteiger partial charge in [-0.2, -0.15) is 0 Å². The molecule has 12 rings (SSSR count). The van der Waals surface area contributed by atoms with Crippen molar-refractivity contribution in [3.05, 3.63) is 284 Å². The van der Waals surface area contributed by atoms with Crippen molar-refractivity contribution in [1.29, 1.82) is 0 Å². The number of amides is 2. The third-order valence-electron chi connectivity index (χ3n) is 15.7. The summed E-state index contributed by atoms with van der Waals surface area (Å²) >= 11 is 0. The number of rotatable bonds is 20. The van der Waals surface area contributed by atoms with Crippen molar-refractivity contribution < 1.29 is 51.6 Å². The number of carbonyl (C=O) groups excluding carboxylic acids is 2. The zero-order chi connectivity index (χ0) is 74.1. The Morgan fingerprint density at radius 2 is 0.735 bits per heavy atom.